The fourth-order valence-corrected chi connectivity index (χ4v) is 3.02. The van der Waals surface area contributed by atoms with E-state index in [1.165, 1.54) is 0 Å². The van der Waals surface area contributed by atoms with Crippen molar-refractivity contribution in [1.29, 1.82) is 0 Å². The van der Waals surface area contributed by atoms with Gasteiger partial charge in [0.1, 0.15) is 0 Å². The lowest BCUT2D eigenvalue weighted by Gasteiger charge is -2.12. The van der Waals surface area contributed by atoms with E-state index in [0.717, 1.165) is 11.1 Å². The third-order valence-corrected chi connectivity index (χ3v) is 4.32. The molecule has 1 heterocycles. The zero-order chi connectivity index (χ0) is 15.5. The van der Waals surface area contributed by atoms with E-state index in [1.54, 1.807) is 6.07 Å². The van der Waals surface area contributed by atoms with Crippen LogP contribution < -0.4 is 10.0 Å². The van der Waals surface area contributed by atoms with Crippen LogP contribution in [-0.4, -0.2) is 31.7 Å². The molecule has 0 bridgehead atoms. The number of aromatic nitrogens is 1. The lowest BCUT2D eigenvalue weighted by atomic mass is 10.2. The molecule has 0 saturated carbocycles. The molecule has 2 aromatic rings. The van der Waals surface area contributed by atoms with Gasteiger partial charge in [-0.2, -0.15) is 0 Å². The Morgan fingerprint density at radius 3 is 2.67 bits per heavy atom. The van der Waals surface area contributed by atoms with Crippen LogP contribution in [0, 0.1) is 6.92 Å². The van der Waals surface area contributed by atoms with Crippen molar-refractivity contribution in [3.8, 4) is 0 Å². The molecule has 2 rings (SSSR count). The van der Waals surface area contributed by atoms with Crippen LogP contribution in [0.1, 0.15) is 19.5 Å². The molecule has 21 heavy (non-hydrogen) atoms. The molecule has 0 spiro atoms. The van der Waals surface area contributed by atoms with Gasteiger partial charge >= 0.3 is 0 Å². The molecule has 0 unspecified atom stereocenters. The van der Waals surface area contributed by atoms with Crippen molar-refractivity contribution in [2.45, 2.75) is 26.8 Å². The van der Waals surface area contributed by atoms with Crippen molar-refractivity contribution >= 4 is 26.6 Å². The van der Waals surface area contributed by atoms with E-state index in [0.29, 0.717) is 17.7 Å². The number of nitrogens with one attached hydrogen (secondary N) is 2. The largest absolute Gasteiger partial charge is 0.313 e. The number of anilines is 1. The van der Waals surface area contributed by atoms with Gasteiger partial charge in [-0.25, -0.2) is 8.42 Å². The Bertz CT molecular complexity index is 727. The van der Waals surface area contributed by atoms with Gasteiger partial charge in [0.25, 0.3) is 0 Å². The first kappa shape index (κ1) is 15.7. The number of hydrogen-bond donors (Lipinski definition) is 2. The van der Waals surface area contributed by atoms with Gasteiger partial charge in [0, 0.05) is 23.7 Å². The monoisotopic (exact) mass is 307 g/mol. The van der Waals surface area contributed by atoms with Crippen LogP contribution in [0.4, 0.5) is 5.69 Å². The summed E-state index contributed by atoms with van der Waals surface area (Å²) in [6.45, 7) is 6.27. The van der Waals surface area contributed by atoms with Crippen molar-refractivity contribution in [1.82, 2.24) is 10.3 Å². The van der Waals surface area contributed by atoms with Gasteiger partial charge in [0.15, 0.2) is 0 Å². The molecule has 0 aliphatic heterocycles. The van der Waals surface area contributed by atoms with Gasteiger partial charge in [0.05, 0.1) is 17.0 Å². The highest BCUT2D eigenvalue weighted by Gasteiger charge is 2.13. The number of sulfonamides is 1. The minimum atomic E-state index is -3.39. The van der Waals surface area contributed by atoms with E-state index in [2.05, 4.69) is 15.0 Å². The number of hydrogen-bond acceptors (Lipinski definition) is 4. The highest BCUT2D eigenvalue weighted by molar-refractivity contribution is 7.92. The van der Waals surface area contributed by atoms with Gasteiger partial charge in [-0.15, -0.1) is 0 Å². The minimum absolute atomic E-state index is 0.0351. The molecule has 0 amide bonds. The summed E-state index contributed by atoms with van der Waals surface area (Å²) >= 11 is 0. The topological polar surface area (TPSA) is 71.1 Å². The van der Waals surface area contributed by atoms with Crippen molar-refractivity contribution in [2.24, 2.45) is 0 Å². The number of nitrogens with zero attached hydrogens (tertiary/aromatic N) is 1. The predicted molar refractivity (Wildman–Crippen MR) is 87.0 cm³/mol. The highest BCUT2D eigenvalue weighted by atomic mass is 32.2. The number of fused-ring (bicyclic) bond motifs is 1. The number of pyridine rings is 1. The van der Waals surface area contributed by atoms with Crippen molar-refractivity contribution in [3.05, 3.63) is 36.0 Å². The maximum Gasteiger partial charge on any atom is 0.234 e. The van der Waals surface area contributed by atoms with Crippen LogP contribution in [0.2, 0.25) is 0 Å². The summed E-state index contributed by atoms with van der Waals surface area (Å²) in [5.41, 5.74) is 2.06. The fraction of sp³-hybridized carbons (Fsp3) is 0.400. The average Bonchev–Trinajstić information content (AvgIpc) is 2.38. The maximum atomic E-state index is 12.1. The number of benzene rings is 1. The Morgan fingerprint density at radius 1 is 1.19 bits per heavy atom. The minimum Gasteiger partial charge on any atom is -0.313 e. The summed E-state index contributed by atoms with van der Waals surface area (Å²) in [5, 5.41) is 4.02. The van der Waals surface area contributed by atoms with Gasteiger partial charge in [-0.3, -0.25) is 9.71 Å². The van der Waals surface area contributed by atoms with E-state index in [9.17, 15) is 8.42 Å². The van der Waals surface area contributed by atoms with Crippen molar-refractivity contribution in [2.75, 3.05) is 17.0 Å². The van der Waals surface area contributed by atoms with Crippen LogP contribution in [0.5, 0.6) is 0 Å². The third kappa shape index (κ3) is 4.41. The molecule has 6 heteroatoms. The second-order valence-corrected chi connectivity index (χ2v) is 7.20. The Kier molecular flexibility index (Phi) is 4.80. The SMILES string of the molecule is Cc1ccc2cccc(NS(=O)(=O)CCNC(C)C)c2n1. The summed E-state index contributed by atoms with van der Waals surface area (Å²) in [6.07, 6.45) is 0. The quantitative estimate of drug-likeness (QED) is 0.859. The first-order valence-electron chi connectivity index (χ1n) is 6.97. The molecule has 0 aliphatic carbocycles. The van der Waals surface area contributed by atoms with E-state index < -0.39 is 10.0 Å². The number of rotatable bonds is 6. The van der Waals surface area contributed by atoms with Gasteiger partial charge in [0.2, 0.25) is 10.0 Å². The average molecular weight is 307 g/mol. The molecule has 0 aliphatic rings. The van der Waals surface area contributed by atoms with Crippen LogP contribution in [0.3, 0.4) is 0 Å². The lowest BCUT2D eigenvalue weighted by molar-refractivity contribution is 0.582. The summed E-state index contributed by atoms with van der Waals surface area (Å²) in [6, 6.07) is 9.59. The van der Waals surface area contributed by atoms with Crippen molar-refractivity contribution < 1.29 is 8.42 Å². The van der Waals surface area contributed by atoms with Crippen LogP contribution >= 0.6 is 0 Å². The molecule has 2 N–H and O–H groups in total. The van der Waals surface area contributed by atoms with Crippen molar-refractivity contribution in [3.63, 3.8) is 0 Å². The number of para-hydroxylation sites is 1. The Morgan fingerprint density at radius 2 is 1.95 bits per heavy atom. The van der Waals surface area contributed by atoms with E-state index in [-0.39, 0.29) is 11.8 Å². The van der Waals surface area contributed by atoms with Gasteiger partial charge in [-0.1, -0.05) is 32.0 Å². The van der Waals surface area contributed by atoms with Crippen LogP contribution in [0.15, 0.2) is 30.3 Å². The molecule has 1 aromatic carbocycles. The van der Waals surface area contributed by atoms with E-state index >= 15 is 0 Å². The van der Waals surface area contributed by atoms with Gasteiger partial charge in [-0.05, 0) is 19.1 Å². The van der Waals surface area contributed by atoms with E-state index in [1.807, 2.05) is 45.0 Å². The smallest absolute Gasteiger partial charge is 0.234 e. The van der Waals surface area contributed by atoms with E-state index in [4.69, 9.17) is 0 Å². The summed E-state index contributed by atoms with van der Waals surface area (Å²) in [7, 11) is -3.39. The predicted octanol–water partition coefficient (Wildman–Crippen LogP) is 2.28. The van der Waals surface area contributed by atoms with Gasteiger partial charge < -0.3 is 5.32 Å². The molecular weight excluding hydrogens is 286 g/mol. The highest BCUT2D eigenvalue weighted by Crippen LogP contribution is 2.22. The first-order valence-corrected chi connectivity index (χ1v) is 8.63. The normalized spacial score (nSPS) is 12.0. The maximum absolute atomic E-state index is 12.1. The Hall–Kier alpha value is -1.66. The lowest BCUT2D eigenvalue weighted by Crippen LogP contribution is -2.31. The Labute approximate surface area is 125 Å². The molecule has 0 fully saturated rings. The molecule has 0 atom stereocenters. The number of aryl methyl sites for hydroxylation is 1. The third-order valence-electron chi connectivity index (χ3n) is 3.05. The molecule has 0 saturated heterocycles. The Balaban J connectivity index is 2.21. The zero-order valence-electron chi connectivity index (χ0n) is 12.6. The summed E-state index contributed by atoms with van der Waals surface area (Å²) in [5.74, 6) is 0.0351. The second-order valence-electron chi connectivity index (χ2n) is 5.36. The molecular formula is C15H21N3O2S. The standard InChI is InChI=1S/C15H21N3O2S/c1-11(2)16-9-10-21(19,20)18-14-6-4-5-13-8-7-12(3)17-15(13)14/h4-8,11,16,18H,9-10H2,1-3H3. The summed E-state index contributed by atoms with van der Waals surface area (Å²) < 4.78 is 26.9. The molecule has 5 nitrogen and oxygen atoms in total. The molecule has 0 radical (unpaired) electrons. The molecule has 114 valence electrons. The van der Waals surface area contributed by atoms with Crippen LogP contribution in [-0.2, 0) is 10.0 Å². The zero-order valence-corrected chi connectivity index (χ0v) is 13.4. The molecule has 1 aromatic heterocycles. The second kappa shape index (κ2) is 6.41. The summed E-state index contributed by atoms with van der Waals surface area (Å²) in [4.78, 5) is 4.43. The first-order chi connectivity index (χ1) is 9.87. The fourth-order valence-electron chi connectivity index (χ4n) is 2.03. The van der Waals surface area contributed by atoms with Crippen LogP contribution in [0.25, 0.3) is 10.9 Å².